The normalized spacial score (nSPS) is 22.1. The Kier molecular flexibility index (Phi) is 3.28. The van der Waals surface area contributed by atoms with Gasteiger partial charge in [0.1, 0.15) is 33.4 Å². The fraction of sp³-hybridized carbons (Fsp3) is 0.0526. The minimum Gasteiger partial charge on any atom is -0.0487 e. The molecule has 3 spiro atoms. The lowest BCUT2D eigenvalue weighted by atomic mass is 9.96. The average Bonchev–Trinajstić information content (AvgIpc) is 4.28. The summed E-state index contributed by atoms with van der Waals surface area (Å²) < 4.78 is 33.5. The fourth-order valence-corrected chi connectivity index (χ4v) is 18.0. The number of pyridine rings is 6. The Morgan fingerprint density at radius 1 is 0.159 bits per heavy atom. The molecule has 9 aromatic heterocycles. The second kappa shape index (κ2) is 7.72. The molecule has 12 aliphatic heterocycles. The molecule has 0 atom stereocenters. The minimum absolute atomic E-state index is 0.841. The van der Waals surface area contributed by atoms with E-state index in [0.29, 0.717) is 0 Å². The van der Waals surface area contributed by atoms with Gasteiger partial charge in [0.15, 0.2) is 0 Å². The largest absolute Gasteiger partial charge is 0.773 e. The van der Waals surface area contributed by atoms with Crippen LogP contribution in [0.2, 0.25) is 0 Å². The second-order valence-electron chi connectivity index (χ2n) is 21.3. The second-order valence-corrected chi connectivity index (χ2v) is 21.3. The molecule has 0 amide bonds. The molecule has 0 radical (unpaired) electrons. The van der Waals surface area contributed by atoms with Gasteiger partial charge in [-0.2, -0.15) is 0 Å². The van der Waals surface area contributed by atoms with Gasteiger partial charge in [-0.15, -0.1) is 0 Å². The summed E-state index contributed by atoms with van der Waals surface area (Å²) in [5, 5.41) is 0. The molecular weight excluding hydrogens is 853 g/mol. The molecule has 0 bridgehead atoms. The van der Waals surface area contributed by atoms with Crippen molar-refractivity contribution in [3.63, 3.8) is 0 Å². The summed E-state index contributed by atoms with van der Waals surface area (Å²) in [4.78, 5) is 0. The van der Waals surface area contributed by atoms with Crippen molar-refractivity contribution in [1.82, 2.24) is 0 Å². The summed E-state index contributed by atoms with van der Waals surface area (Å²) in [5.41, 5.74) is 37.8. The monoisotopic (exact) mass is 876 g/mol. The molecule has 12 nitrogen and oxygen atoms in total. The van der Waals surface area contributed by atoms with E-state index in [1.54, 1.807) is 0 Å². The van der Waals surface area contributed by atoms with Crippen LogP contribution in [0.3, 0.4) is 0 Å². The van der Waals surface area contributed by atoms with Crippen molar-refractivity contribution >= 4 is 66.2 Å². The Labute approximate surface area is 384 Å². The van der Waals surface area contributed by atoms with Crippen molar-refractivity contribution < 1.29 is 54.8 Å². The molecule has 4 aromatic carbocycles. The molecule has 0 unspecified atom stereocenters. The first-order valence-corrected chi connectivity index (χ1v) is 24.2. The molecule has 21 heterocycles. The third kappa shape index (κ3) is 2.01. The summed E-state index contributed by atoms with van der Waals surface area (Å²) in [6.45, 7) is 0. The van der Waals surface area contributed by atoms with Gasteiger partial charge in [0.05, 0.1) is 0 Å². The number of nitrogens with zero attached hydrogens (tertiary/aromatic N) is 12. The lowest BCUT2D eigenvalue weighted by Gasteiger charge is -2.20. The first-order valence-electron chi connectivity index (χ1n) is 24.2. The molecule has 0 fully saturated rings. The van der Waals surface area contributed by atoms with E-state index < -0.39 is 17.7 Å². The Morgan fingerprint density at radius 3 is 0.493 bits per heavy atom. The van der Waals surface area contributed by atoms with E-state index >= 15 is 0 Å². The first-order chi connectivity index (χ1) is 34.3. The maximum atomic E-state index is 2.85. The highest BCUT2D eigenvalue weighted by molar-refractivity contribution is 6.17. The maximum absolute atomic E-state index is 2.85. The van der Waals surface area contributed by atoms with Gasteiger partial charge in [-0.05, 0) is 72.8 Å². The van der Waals surface area contributed by atoms with Gasteiger partial charge in [-0.1, -0.05) is 0 Å². The van der Waals surface area contributed by atoms with Crippen molar-refractivity contribution in [2.75, 3.05) is 0 Å². The topological polar surface area (TPSA) is 46.6 Å². The molecule has 12 heteroatoms. The molecule has 13 aromatic rings. The molecule has 0 saturated heterocycles. The lowest BCUT2D eigenvalue weighted by molar-refractivity contribution is -1.29. The highest BCUT2D eigenvalue weighted by Gasteiger charge is 2.98. The molecule has 300 valence electrons. The molecule has 12 aliphatic rings. The third-order valence-corrected chi connectivity index (χ3v) is 19.5. The van der Waals surface area contributed by atoms with Crippen LogP contribution in [0.4, 0.5) is 0 Å². The minimum atomic E-state index is -0.841. The highest BCUT2D eigenvalue weighted by atomic mass is 15.7. The first kappa shape index (κ1) is 29.3. The Hall–Kier alpha value is -9.42. The van der Waals surface area contributed by atoms with Gasteiger partial charge in [-0.25, -0.2) is 0 Å². The van der Waals surface area contributed by atoms with Gasteiger partial charge >= 0.3 is 83.9 Å². The quantitative estimate of drug-likeness (QED) is 0.126. The summed E-state index contributed by atoms with van der Waals surface area (Å²) in [7, 11) is 0. The van der Waals surface area contributed by atoms with Crippen molar-refractivity contribution in [2.45, 2.75) is 17.7 Å². The van der Waals surface area contributed by atoms with E-state index in [-0.39, 0.29) is 0 Å². The molecule has 0 saturated carbocycles. The predicted molar refractivity (Wildman–Crippen MR) is 236 cm³/mol. The smallest absolute Gasteiger partial charge is 0.0487 e. The van der Waals surface area contributed by atoms with Crippen LogP contribution >= 0.6 is 0 Å². The van der Waals surface area contributed by atoms with Crippen LogP contribution in [0.5, 0.6) is 0 Å². The molecule has 0 N–H and O–H groups in total. The molecule has 25 rings (SSSR count). The van der Waals surface area contributed by atoms with Gasteiger partial charge in [0, 0.05) is 128 Å². The summed E-state index contributed by atoms with van der Waals surface area (Å²) in [6.07, 6.45) is 0. The van der Waals surface area contributed by atoms with Gasteiger partial charge < -0.3 is 0 Å². The van der Waals surface area contributed by atoms with E-state index in [0.717, 1.165) is 0 Å². The Morgan fingerprint density at radius 2 is 0.319 bits per heavy atom. The zero-order valence-electron chi connectivity index (χ0n) is 35.7. The van der Waals surface area contributed by atoms with Crippen LogP contribution in [0.25, 0.3) is 168 Å². The van der Waals surface area contributed by atoms with Crippen LogP contribution in [0.1, 0.15) is 0 Å². The Balaban J connectivity index is 1.14. The third-order valence-electron chi connectivity index (χ3n) is 19.5. The number of aromatic nitrogens is 12. The SMILES string of the molecule is c1cc2[n+]3c(c1)-c1cccc4[n+]1C31[n+]3c5c-2ccc2c5[n+]5c6c3c3c7c8c6[n+]6c9c(ccc%10c9[n+]8C89[n+]%11c(cccc%11-c%11cccc-%10[n+]%118)-c8ccc-4c(c8[n+]79)[n+]31)-c1cccc3[n+]1C56[n+]1c-2cccc1-3. The number of rotatable bonds is 0. The number of fused-ring (bicyclic) bond motifs is 9. The summed E-state index contributed by atoms with van der Waals surface area (Å²) in [6, 6.07) is 57.0. The zero-order valence-corrected chi connectivity index (χ0v) is 35.7. The number of hydrogen-bond donors (Lipinski definition) is 0. The van der Waals surface area contributed by atoms with E-state index in [1.807, 2.05) is 0 Å². The van der Waals surface area contributed by atoms with Crippen molar-refractivity contribution in [3.05, 3.63) is 146 Å². The fourth-order valence-electron chi connectivity index (χ4n) is 18.0. The maximum Gasteiger partial charge on any atom is 0.773 e. The van der Waals surface area contributed by atoms with Crippen molar-refractivity contribution in [1.29, 1.82) is 0 Å². The van der Waals surface area contributed by atoms with Crippen LogP contribution in [-0.2, 0) is 17.7 Å². The predicted octanol–water partition coefficient (Wildman–Crippen LogP) is 1.46. The highest BCUT2D eigenvalue weighted by Crippen LogP contribution is 2.54. The lowest BCUT2D eigenvalue weighted by Crippen LogP contribution is -2.98. The molecule has 0 aliphatic carbocycles. The van der Waals surface area contributed by atoms with Gasteiger partial charge in [0.2, 0.25) is 34.2 Å². The Bertz CT molecular complexity index is 4560. The van der Waals surface area contributed by atoms with Crippen molar-refractivity contribution in [2.24, 2.45) is 0 Å². The van der Waals surface area contributed by atoms with E-state index in [4.69, 9.17) is 0 Å². The van der Waals surface area contributed by atoms with Gasteiger partial charge in [-0.3, -0.25) is 0 Å². The van der Waals surface area contributed by atoms with Crippen LogP contribution in [0, 0.1) is 0 Å². The zero-order chi connectivity index (χ0) is 42.7. The van der Waals surface area contributed by atoms with E-state index in [1.165, 1.54) is 168 Å². The summed E-state index contributed by atoms with van der Waals surface area (Å²) >= 11 is 0. The summed E-state index contributed by atoms with van der Waals surface area (Å²) in [5.74, 6) is -2.52. The van der Waals surface area contributed by atoms with Crippen LogP contribution < -0.4 is 54.8 Å². The standard InChI is InChI=1S/C57H24N12/c1-7-31-25-19-20-26-33-9-3-15-39-40-16-5-11-35-29-23-24-30-36-12-6-18-42-41-17-4-10-34-28-22-21-27-32-8-2-14-38-37(13-1)58(31)55(59(32)38)64-43(25)44(26)66-51-49(64)50-52-54-53(51)68(56(66,60(33)39)61(35)40)47(29)48(30)69(54)57(62(34)41,63(36)42)67(52)46(28)45(27)65(50)55/h1-24H/q+12. The van der Waals surface area contributed by atoms with E-state index in [9.17, 15) is 0 Å². The van der Waals surface area contributed by atoms with E-state index in [2.05, 4.69) is 200 Å². The average molecular weight is 877 g/mol. The van der Waals surface area contributed by atoms with Gasteiger partial charge in [0.25, 0.3) is 34.2 Å². The van der Waals surface area contributed by atoms with Crippen LogP contribution in [-0.4, -0.2) is 0 Å². The number of benzene rings is 4. The van der Waals surface area contributed by atoms with Crippen LogP contribution in [0.15, 0.2) is 146 Å². The molecule has 69 heavy (non-hydrogen) atoms. The number of hydrogen-bond acceptors (Lipinski definition) is 0. The molecular formula is C57H24N12+12. The van der Waals surface area contributed by atoms with Crippen molar-refractivity contribution in [3.8, 4) is 102 Å².